The van der Waals surface area contributed by atoms with Crippen molar-refractivity contribution in [1.82, 2.24) is 35.1 Å². The fraction of sp³-hybridized carbons (Fsp3) is 0.229. The Balaban J connectivity index is 0.000000176. The molecule has 31 heteroatoms. The van der Waals surface area contributed by atoms with Crippen molar-refractivity contribution in [3.8, 4) is 34.1 Å². The van der Waals surface area contributed by atoms with Crippen molar-refractivity contribution in [2.75, 3.05) is 71.4 Å². The molecule has 3 aliphatic heterocycles. The fourth-order valence-electron chi connectivity index (χ4n) is 10.9. The molecule has 524 valence electrons. The van der Waals surface area contributed by atoms with Crippen molar-refractivity contribution in [3.63, 3.8) is 0 Å². The molecule has 0 radical (unpaired) electrons. The van der Waals surface area contributed by atoms with Crippen LogP contribution in [0.2, 0.25) is 20.1 Å². The van der Waals surface area contributed by atoms with Crippen LogP contribution in [0.15, 0.2) is 147 Å². The van der Waals surface area contributed by atoms with E-state index in [0.717, 1.165) is 46.8 Å². The number of likely N-dealkylation sites (tertiary alicyclic amines) is 2. The number of hydrogen-bond donors (Lipinski definition) is 3. The summed E-state index contributed by atoms with van der Waals surface area (Å²) in [7, 11) is 4.61. The summed E-state index contributed by atoms with van der Waals surface area (Å²) in [4.78, 5) is 90.1. The number of nitrogens with zero attached hydrogens (tertiary/aromatic N) is 8. The van der Waals surface area contributed by atoms with Gasteiger partial charge in [0.1, 0.15) is 29.7 Å². The Kier molecular flexibility index (Phi) is 25.0. The summed E-state index contributed by atoms with van der Waals surface area (Å²) in [6.07, 6.45) is 11.4. The third-order valence-electron chi connectivity index (χ3n) is 16.2. The fourth-order valence-corrected chi connectivity index (χ4v) is 12.0. The number of methoxy groups -OCH3 is 3. The number of piperidine rings is 1. The van der Waals surface area contributed by atoms with Crippen molar-refractivity contribution < 1.29 is 65.9 Å². The SMILES string of the molecule is C=CC(=O)N1CC/C(=C\c2ccc(F)c([N+](=O)[O-])c2)C(=O)/C(=C/c2ccc(F)c([N+](=O)[O-])c2)C1.C=CC(=O)N1CCC(Oc2cc3c(Nc4ccc(Cl)c(Cl)c4F)ncnc3cc2OC)CC1.C=CC(=O)N[C@H]1CCOC[C@H]1Nc1ncc2cc(-c3c(Cl)c(OC)cc(OC)c3Cl)ccc2n1. The smallest absolute Gasteiger partial charge is 0.305 e. The molecule has 0 spiro atoms. The van der Waals surface area contributed by atoms with E-state index in [0.29, 0.717) is 107 Å². The number of rotatable bonds is 18. The second-order valence-electron chi connectivity index (χ2n) is 22.4. The minimum Gasteiger partial charge on any atom is -0.495 e. The Hall–Kier alpha value is -10.7. The third-order valence-corrected chi connectivity index (χ3v) is 17.7. The maximum atomic E-state index is 14.6. The van der Waals surface area contributed by atoms with Crippen molar-refractivity contribution in [3.05, 3.63) is 215 Å². The van der Waals surface area contributed by atoms with Gasteiger partial charge in [-0.15, -0.1) is 0 Å². The number of nitro groups is 2. The quantitative estimate of drug-likeness (QED) is 0.0311. The second-order valence-corrected chi connectivity index (χ2v) is 24.0. The van der Waals surface area contributed by atoms with Gasteiger partial charge in [-0.2, -0.15) is 8.78 Å². The van der Waals surface area contributed by atoms with Crippen molar-refractivity contribution in [2.24, 2.45) is 0 Å². The number of ketones is 1. The summed E-state index contributed by atoms with van der Waals surface area (Å²) in [5, 5.41) is 33.4. The summed E-state index contributed by atoms with van der Waals surface area (Å²) in [6, 6.07) is 19.8. The van der Waals surface area contributed by atoms with Gasteiger partial charge in [0, 0.05) is 104 Å². The normalized spacial score (nSPS) is 16.2. The molecule has 3 fully saturated rings. The van der Waals surface area contributed by atoms with Gasteiger partial charge >= 0.3 is 11.4 Å². The molecule has 11 rings (SSSR count). The van der Waals surface area contributed by atoms with Gasteiger partial charge in [-0.3, -0.25) is 39.4 Å². The van der Waals surface area contributed by atoms with Gasteiger partial charge in [0.2, 0.25) is 35.3 Å². The molecule has 6 aromatic carbocycles. The minimum absolute atomic E-state index is 0.0801. The first-order valence-corrected chi connectivity index (χ1v) is 32.2. The van der Waals surface area contributed by atoms with Crippen LogP contribution in [-0.2, 0) is 23.9 Å². The number of fused-ring (bicyclic) bond motifs is 2. The van der Waals surface area contributed by atoms with Gasteiger partial charge in [-0.25, -0.2) is 24.3 Å². The molecule has 3 saturated heterocycles. The number of amides is 3. The number of aromatic nitrogens is 4. The predicted octanol–water partition coefficient (Wildman–Crippen LogP) is 14.1. The summed E-state index contributed by atoms with van der Waals surface area (Å²) >= 11 is 25.0. The number of carbonyl (C=O) groups excluding carboxylic acids is 4. The summed E-state index contributed by atoms with van der Waals surface area (Å²) in [6.45, 7) is 12.6. The average molecular weight is 1460 g/mol. The van der Waals surface area contributed by atoms with Crippen LogP contribution >= 0.6 is 46.4 Å². The highest BCUT2D eigenvalue weighted by Crippen LogP contribution is 2.47. The van der Waals surface area contributed by atoms with Crippen LogP contribution in [0.5, 0.6) is 23.0 Å². The lowest BCUT2D eigenvalue weighted by molar-refractivity contribution is -0.387. The highest BCUT2D eigenvalue weighted by molar-refractivity contribution is 6.42. The first-order valence-electron chi connectivity index (χ1n) is 30.7. The zero-order valence-corrected chi connectivity index (χ0v) is 57.1. The summed E-state index contributed by atoms with van der Waals surface area (Å²) < 4.78 is 70.0. The number of Topliss-reactive ketones (excluding diaryl/α,β-unsaturated/α-hetero) is 1. The van der Waals surface area contributed by atoms with E-state index in [1.807, 2.05) is 18.2 Å². The van der Waals surface area contributed by atoms with E-state index in [4.69, 9.17) is 70.1 Å². The monoisotopic (exact) mass is 1460 g/mol. The number of hydrogen-bond acceptors (Lipinski definition) is 19. The molecule has 101 heavy (non-hydrogen) atoms. The lowest BCUT2D eigenvalue weighted by Gasteiger charge is -2.32. The highest BCUT2D eigenvalue weighted by Gasteiger charge is 2.30. The molecule has 0 aliphatic carbocycles. The van der Waals surface area contributed by atoms with Gasteiger partial charge in [0.05, 0.1) is 86.7 Å². The van der Waals surface area contributed by atoms with Crippen LogP contribution in [0.1, 0.15) is 36.8 Å². The molecule has 3 amide bonds. The maximum Gasteiger partial charge on any atom is 0.305 e. The Morgan fingerprint density at radius 3 is 1.93 bits per heavy atom. The Morgan fingerprint density at radius 2 is 1.32 bits per heavy atom. The zero-order chi connectivity index (χ0) is 72.8. The molecule has 0 unspecified atom stereocenters. The van der Waals surface area contributed by atoms with E-state index in [-0.39, 0.29) is 87.5 Å². The van der Waals surface area contributed by atoms with Crippen LogP contribution in [0.4, 0.5) is 42.0 Å². The van der Waals surface area contributed by atoms with E-state index in [1.54, 1.807) is 36.4 Å². The Labute approximate surface area is 595 Å². The molecular formula is C70H62Cl4F3N11O13. The van der Waals surface area contributed by atoms with E-state index in [1.165, 1.54) is 74.0 Å². The van der Waals surface area contributed by atoms with E-state index >= 15 is 0 Å². The number of carbonyl (C=O) groups is 4. The number of benzene rings is 6. The van der Waals surface area contributed by atoms with Gasteiger partial charge in [0.25, 0.3) is 0 Å². The third kappa shape index (κ3) is 18.0. The topological polar surface area (TPSA) is 295 Å². The van der Waals surface area contributed by atoms with Gasteiger partial charge < -0.3 is 49.4 Å². The number of anilines is 3. The van der Waals surface area contributed by atoms with Crippen LogP contribution in [0, 0.1) is 37.7 Å². The van der Waals surface area contributed by atoms with Gasteiger partial charge in [-0.1, -0.05) is 84.3 Å². The summed E-state index contributed by atoms with van der Waals surface area (Å²) in [5.41, 5.74) is 1.92. The molecule has 3 aliphatic rings. The number of nitrogens with one attached hydrogen (secondary N) is 3. The highest BCUT2D eigenvalue weighted by atomic mass is 35.5. The number of halogens is 7. The van der Waals surface area contributed by atoms with E-state index in [2.05, 4.69) is 55.6 Å². The molecule has 3 N–H and O–H groups in total. The van der Waals surface area contributed by atoms with E-state index in [9.17, 15) is 52.6 Å². The second kappa shape index (κ2) is 33.9. The Morgan fingerprint density at radius 1 is 0.683 bits per heavy atom. The average Bonchev–Trinajstić information content (AvgIpc) is 1.19. The largest absolute Gasteiger partial charge is 0.495 e. The maximum absolute atomic E-state index is 14.6. The van der Waals surface area contributed by atoms with Crippen LogP contribution in [0.3, 0.4) is 0 Å². The molecule has 0 bridgehead atoms. The molecular weight excluding hydrogens is 1400 g/mol. The van der Waals surface area contributed by atoms with Crippen LogP contribution in [-0.4, -0.2) is 142 Å². The molecule has 5 heterocycles. The van der Waals surface area contributed by atoms with Crippen molar-refractivity contribution in [2.45, 2.75) is 43.9 Å². The van der Waals surface area contributed by atoms with Gasteiger partial charge in [0.15, 0.2) is 23.1 Å². The lowest BCUT2D eigenvalue weighted by Crippen LogP contribution is -2.52. The first kappa shape index (κ1) is 74.5. The summed E-state index contributed by atoms with van der Waals surface area (Å²) in [5.74, 6) is -1.28. The standard InChI is InChI=1S/C24H24Cl2N4O4.C23H21Cl2FN4O3.C23H17F2N3O6/c1-4-20(31)28-16-7-8-34-12-17(16)30-24-27-11-14-9-13(5-6-15(14)29-24)21-22(25)18(32-2)10-19(33-3)23(21)26;1-3-20(31)30-8-6-13(7-9-30)33-19-10-14-17(11-18(19)32-2)27-12-28-23(14)29-16-5-4-15(24)21(25)22(16)26;1-2-22(29)26-8-7-16(9-14-3-5-18(24)20(11-14)27(31)32)23(30)17(13-26)10-15-4-6-19(25)21(12-15)28(33)34/h4-6,9-11,16-17H,1,7-8,12H2,2-3H3,(H,28,31)(H,27,29,30);3-5,10-13H,1,6-9H2,2H3,(H,27,28,29);2-6,9-12H,1,7-8,13H2/b;;16-9+,17-10+/t16-,17+;;/m0../s1. The lowest BCUT2D eigenvalue weighted by atomic mass is 9.98. The molecule has 8 aromatic rings. The van der Waals surface area contributed by atoms with Crippen LogP contribution < -0.4 is 34.9 Å². The van der Waals surface area contributed by atoms with Gasteiger partial charge in [-0.05, 0) is 102 Å². The minimum atomic E-state index is -1.04. The van der Waals surface area contributed by atoms with Crippen LogP contribution in [0.25, 0.3) is 45.1 Å². The predicted molar refractivity (Wildman–Crippen MR) is 378 cm³/mol. The number of ether oxygens (including phenoxy) is 5. The molecule has 2 atom stereocenters. The Bertz CT molecular complexity index is 4630. The molecule has 24 nitrogen and oxygen atoms in total. The van der Waals surface area contributed by atoms with Crippen molar-refractivity contribution in [1.29, 1.82) is 0 Å². The molecule has 2 aromatic heterocycles. The van der Waals surface area contributed by atoms with E-state index < -0.39 is 50.4 Å². The molecule has 0 saturated carbocycles. The van der Waals surface area contributed by atoms with Crippen molar-refractivity contribution >= 4 is 133 Å². The zero-order valence-electron chi connectivity index (χ0n) is 54.1. The number of nitro benzene ring substituents is 2. The first-order chi connectivity index (χ1) is 48.4.